The number of benzene rings is 2. The van der Waals surface area contributed by atoms with Crippen molar-refractivity contribution in [2.24, 2.45) is 0 Å². The second-order valence-electron chi connectivity index (χ2n) is 4.72. The smallest absolute Gasteiger partial charge is 0.391 e. The first-order valence-corrected chi connectivity index (χ1v) is 10.6. The van der Waals surface area contributed by atoms with E-state index in [1.54, 1.807) is 6.07 Å². The summed E-state index contributed by atoms with van der Waals surface area (Å²) in [4.78, 5) is 19.6. The third kappa shape index (κ3) is 5.35. The molecule has 134 valence electrons. The summed E-state index contributed by atoms with van der Waals surface area (Å²) in [7, 11) is -8.39. The van der Waals surface area contributed by atoms with Crippen LogP contribution in [0.15, 0.2) is 57.9 Å². The van der Waals surface area contributed by atoms with Crippen LogP contribution in [-0.4, -0.2) is 24.5 Å². The molecule has 9 nitrogen and oxygen atoms in total. The van der Waals surface area contributed by atoms with E-state index < -0.39 is 28.8 Å². The van der Waals surface area contributed by atoms with Gasteiger partial charge in [0.25, 0.3) is 5.69 Å². The predicted octanol–water partition coefficient (Wildman–Crippen LogP) is 2.86. The van der Waals surface area contributed by atoms with Crippen LogP contribution in [0.5, 0.6) is 5.75 Å². The number of nitro benzene ring substituents is 1. The molecule has 0 saturated heterocycles. The van der Waals surface area contributed by atoms with E-state index in [2.05, 4.69) is 15.9 Å². The van der Waals surface area contributed by atoms with E-state index in [0.717, 1.165) is 24.3 Å². The van der Waals surface area contributed by atoms with Crippen molar-refractivity contribution < 1.29 is 27.3 Å². The van der Waals surface area contributed by atoms with Gasteiger partial charge in [-0.15, -0.1) is 0 Å². The first-order chi connectivity index (χ1) is 11.6. The largest absolute Gasteiger partial charge is 0.424 e. The van der Waals surface area contributed by atoms with Crippen molar-refractivity contribution in [1.29, 1.82) is 0 Å². The Hall–Kier alpha value is -1.78. The van der Waals surface area contributed by atoms with E-state index in [-0.39, 0.29) is 16.3 Å². The van der Waals surface area contributed by atoms with Crippen LogP contribution in [0.2, 0.25) is 0 Å². The van der Waals surface area contributed by atoms with Gasteiger partial charge in [-0.25, -0.2) is 13.0 Å². The molecule has 2 aromatic rings. The Bertz CT molecular complexity index is 934. The van der Waals surface area contributed by atoms with Crippen molar-refractivity contribution in [3.8, 4) is 5.75 Å². The van der Waals surface area contributed by atoms with Crippen molar-refractivity contribution in [2.75, 3.05) is 6.29 Å². The number of hydrogen-bond donors (Lipinski definition) is 2. The van der Waals surface area contributed by atoms with E-state index in [0.29, 0.717) is 4.47 Å². The van der Waals surface area contributed by atoms with Gasteiger partial charge in [0, 0.05) is 16.6 Å². The van der Waals surface area contributed by atoms with Gasteiger partial charge in [0.1, 0.15) is 12.0 Å². The summed E-state index contributed by atoms with van der Waals surface area (Å²) in [5.74, 6) is -0.100. The van der Waals surface area contributed by atoms with Gasteiger partial charge in [0.15, 0.2) is 0 Å². The number of hydrogen-bond acceptors (Lipinski definition) is 6. The molecule has 0 fully saturated rings. The third-order valence-corrected chi connectivity index (χ3v) is 6.56. The van der Waals surface area contributed by atoms with Gasteiger partial charge < -0.3 is 9.42 Å². The predicted molar refractivity (Wildman–Crippen MR) is 92.9 cm³/mol. The van der Waals surface area contributed by atoms with Crippen LogP contribution in [-0.2, 0) is 14.6 Å². The normalized spacial score (nSPS) is 13.8. The lowest BCUT2D eigenvalue weighted by Gasteiger charge is -2.14. The molecule has 0 amide bonds. The number of halogens is 1. The van der Waals surface area contributed by atoms with E-state index in [9.17, 15) is 28.0 Å². The summed E-state index contributed by atoms with van der Waals surface area (Å²) >= 11 is 3.09. The van der Waals surface area contributed by atoms with E-state index in [1.807, 2.05) is 4.72 Å². The second-order valence-corrected chi connectivity index (χ2v) is 9.08. The van der Waals surface area contributed by atoms with Crippen molar-refractivity contribution in [2.45, 2.75) is 4.90 Å². The standard InChI is InChI=1S/C13H12BrN2O7PS/c14-12-3-1-2-4-13(12)25(21,22)15-9-24(19,20)23-11-7-5-10(6-8-11)16(17)18/h1-8,15H,9H2,(H,19,20). The van der Waals surface area contributed by atoms with Gasteiger partial charge in [-0.2, -0.15) is 4.72 Å². The molecular formula is C13H12BrN2O7PS. The van der Waals surface area contributed by atoms with Crippen LogP contribution in [0.1, 0.15) is 0 Å². The van der Waals surface area contributed by atoms with Crippen LogP contribution in [0.25, 0.3) is 0 Å². The van der Waals surface area contributed by atoms with Crippen LogP contribution in [0.3, 0.4) is 0 Å². The number of sulfonamides is 1. The molecule has 12 heteroatoms. The fourth-order valence-electron chi connectivity index (χ4n) is 1.73. The molecule has 0 saturated carbocycles. The average Bonchev–Trinajstić information content (AvgIpc) is 2.54. The minimum atomic E-state index is -4.36. The van der Waals surface area contributed by atoms with Crippen LogP contribution in [0, 0.1) is 10.1 Å². The summed E-state index contributed by atoms with van der Waals surface area (Å²) in [5.41, 5.74) is -0.213. The highest BCUT2D eigenvalue weighted by molar-refractivity contribution is 9.10. The highest BCUT2D eigenvalue weighted by Gasteiger charge is 2.26. The summed E-state index contributed by atoms with van der Waals surface area (Å²) in [6.45, 7) is 0. The summed E-state index contributed by atoms with van der Waals surface area (Å²) < 4.78 is 43.5. The van der Waals surface area contributed by atoms with Crippen molar-refractivity contribution in [1.82, 2.24) is 4.72 Å². The average molecular weight is 451 g/mol. The van der Waals surface area contributed by atoms with Crippen LogP contribution < -0.4 is 9.25 Å². The van der Waals surface area contributed by atoms with E-state index in [4.69, 9.17) is 4.52 Å². The van der Waals surface area contributed by atoms with E-state index in [1.165, 1.54) is 18.2 Å². The van der Waals surface area contributed by atoms with Crippen molar-refractivity contribution >= 4 is 39.2 Å². The lowest BCUT2D eigenvalue weighted by atomic mass is 10.3. The van der Waals surface area contributed by atoms with Gasteiger partial charge in [-0.3, -0.25) is 10.1 Å². The second kappa shape index (κ2) is 7.63. The highest BCUT2D eigenvalue weighted by Crippen LogP contribution is 2.42. The number of non-ortho nitro benzene ring substituents is 1. The lowest BCUT2D eigenvalue weighted by molar-refractivity contribution is -0.384. The topological polar surface area (TPSA) is 136 Å². The lowest BCUT2D eigenvalue weighted by Crippen LogP contribution is -2.26. The Morgan fingerprint density at radius 3 is 2.36 bits per heavy atom. The highest BCUT2D eigenvalue weighted by atomic mass is 79.9. The van der Waals surface area contributed by atoms with Crippen molar-refractivity contribution in [3.05, 3.63) is 63.1 Å². The zero-order chi connectivity index (χ0) is 18.7. The first-order valence-electron chi connectivity index (χ1n) is 6.61. The maximum Gasteiger partial charge on any atom is 0.391 e. The summed E-state index contributed by atoms with van der Waals surface area (Å²) in [5, 5.41) is 10.6. The fourth-order valence-corrected chi connectivity index (χ4v) is 5.24. The summed E-state index contributed by atoms with van der Waals surface area (Å²) in [6, 6.07) is 10.4. The quantitative estimate of drug-likeness (QED) is 0.375. The molecule has 0 heterocycles. The third-order valence-electron chi connectivity index (χ3n) is 2.88. The fraction of sp³-hybridized carbons (Fsp3) is 0.0769. The molecule has 0 aliphatic carbocycles. The Kier molecular flexibility index (Phi) is 5.96. The first kappa shape index (κ1) is 19.5. The molecule has 2 N–H and O–H groups in total. The molecule has 1 unspecified atom stereocenters. The molecule has 2 aromatic carbocycles. The number of nitro groups is 1. The number of nitrogens with zero attached hydrogens (tertiary/aromatic N) is 1. The molecule has 25 heavy (non-hydrogen) atoms. The molecule has 0 radical (unpaired) electrons. The number of rotatable bonds is 7. The molecule has 0 aromatic heterocycles. The zero-order valence-corrected chi connectivity index (χ0v) is 15.7. The molecule has 0 spiro atoms. The van der Waals surface area contributed by atoms with Gasteiger partial charge in [0.05, 0.1) is 9.82 Å². The zero-order valence-electron chi connectivity index (χ0n) is 12.4. The Morgan fingerprint density at radius 1 is 1.20 bits per heavy atom. The molecule has 0 aliphatic rings. The minimum absolute atomic E-state index is 0.0923. The van der Waals surface area contributed by atoms with Crippen LogP contribution >= 0.6 is 23.5 Å². The van der Waals surface area contributed by atoms with Gasteiger partial charge >= 0.3 is 7.60 Å². The molecule has 1 atom stereocenters. The Morgan fingerprint density at radius 2 is 1.80 bits per heavy atom. The van der Waals surface area contributed by atoms with E-state index >= 15 is 0 Å². The van der Waals surface area contributed by atoms with Gasteiger partial charge in [-0.1, -0.05) is 12.1 Å². The van der Waals surface area contributed by atoms with Gasteiger partial charge in [0.2, 0.25) is 10.0 Å². The maximum atomic E-state index is 12.2. The maximum absolute atomic E-state index is 12.2. The monoisotopic (exact) mass is 450 g/mol. The molecule has 0 bridgehead atoms. The molecular weight excluding hydrogens is 439 g/mol. The number of nitrogens with one attached hydrogen (secondary N) is 1. The Balaban J connectivity index is 2.07. The summed E-state index contributed by atoms with van der Waals surface area (Å²) in [6.07, 6.45) is -0.867. The minimum Gasteiger partial charge on any atom is -0.424 e. The van der Waals surface area contributed by atoms with Crippen molar-refractivity contribution in [3.63, 3.8) is 0 Å². The van der Waals surface area contributed by atoms with Crippen LogP contribution in [0.4, 0.5) is 5.69 Å². The molecule has 0 aliphatic heterocycles. The SMILES string of the molecule is O=[N+]([O-])c1ccc(OP(=O)(O)CNS(=O)(=O)c2ccccc2Br)cc1. The van der Waals surface area contributed by atoms with Gasteiger partial charge in [-0.05, 0) is 40.2 Å². The molecule has 2 rings (SSSR count). The Labute approximate surface area is 151 Å².